The van der Waals surface area contributed by atoms with Crippen molar-refractivity contribution in [1.29, 1.82) is 0 Å². The fourth-order valence-electron chi connectivity index (χ4n) is 2.19. The fourth-order valence-corrected chi connectivity index (χ4v) is 2.19. The summed E-state index contributed by atoms with van der Waals surface area (Å²) in [4.78, 5) is 10.5. The van der Waals surface area contributed by atoms with E-state index in [-0.39, 0.29) is 18.1 Å². The third kappa shape index (κ3) is 3.53. The number of rotatable bonds is 5. The fraction of sp³-hybridized carbons (Fsp3) is 0.750. The van der Waals surface area contributed by atoms with Gasteiger partial charge in [-0.05, 0) is 26.7 Å². The maximum absolute atomic E-state index is 10.5. The van der Waals surface area contributed by atoms with Crippen molar-refractivity contribution in [3.63, 3.8) is 0 Å². The second kappa shape index (κ2) is 5.06. The molecule has 0 amide bonds. The summed E-state index contributed by atoms with van der Waals surface area (Å²) in [5.74, 6) is -0.814. The molecule has 0 radical (unpaired) electrons. The third-order valence-corrected chi connectivity index (χ3v) is 3.13. The van der Waals surface area contributed by atoms with Crippen LogP contribution in [0.1, 0.15) is 38.8 Å². The molecule has 0 spiro atoms. The van der Waals surface area contributed by atoms with Gasteiger partial charge < -0.3 is 9.84 Å². The number of aryl methyl sites for hydroxylation is 1. The van der Waals surface area contributed by atoms with Gasteiger partial charge >= 0.3 is 5.97 Å². The van der Waals surface area contributed by atoms with Gasteiger partial charge in [-0.3, -0.25) is 4.79 Å². The number of aliphatic carboxylic acids is 1. The van der Waals surface area contributed by atoms with Crippen LogP contribution in [-0.4, -0.2) is 37.8 Å². The van der Waals surface area contributed by atoms with E-state index in [1.165, 1.54) is 0 Å². The molecular formula is C12H19N3O3. The summed E-state index contributed by atoms with van der Waals surface area (Å²) in [6.07, 6.45) is 4.57. The molecule has 1 aliphatic rings. The molecule has 1 aromatic heterocycles. The van der Waals surface area contributed by atoms with Crippen LogP contribution in [0.15, 0.2) is 6.20 Å². The number of carboxylic acid groups (broad SMARTS) is 1. The summed E-state index contributed by atoms with van der Waals surface area (Å²) in [5.41, 5.74) is 0.673. The van der Waals surface area contributed by atoms with Crippen LogP contribution >= 0.6 is 0 Å². The Kier molecular flexibility index (Phi) is 3.65. The van der Waals surface area contributed by atoms with Gasteiger partial charge in [0.05, 0.1) is 30.4 Å². The molecular weight excluding hydrogens is 234 g/mol. The first-order valence-corrected chi connectivity index (χ1v) is 6.23. The van der Waals surface area contributed by atoms with Gasteiger partial charge in [-0.25, -0.2) is 4.68 Å². The van der Waals surface area contributed by atoms with Crippen LogP contribution in [0.25, 0.3) is 0 Å². The zero-order valence-corrected chi connectivity index (χ0v) is 10.8. The van der Waals surface area contributed by atoms with E-state index in [0.717, 1.165) is 18.5 Å². The van der Waals surface area contributed by atoms with Gasteiger partial charge in [-0.2, -0.15) is 0 Å². The standard InChI is InChI=1S/C12H19N3O3/c1-12(2)6-5-10(18-12)8-15-7-9(13-14-15)3-4-11(16)17/h7,10H,3-6,8H2,1-2H3,(H,16,17). The summed E-state index contributed by atoms with van der Waals surface area (Å²) in [6, 6.07) is 0. The molecule has 100 valence electrons. The van der Waals surface area contributed by atoms with E-state index in [1.54, 1.807) is 10.9 Å². The van der Waals surface area contributed by atoms with Crippen LogP contribution in [0.3, 0.4) is 0 Å². The Morgan fingerprint density at radius 3 is 3.06 bits per heavy atom. The van der Waals surface area contributed by atoms with E-state index in [4.69, 9.17) is 9.84 Å². The van der Waals surface area contributed by atoms with Crippen LogP contribution < -0.4 is 0 Å². The predicted molar refractivity (Wildman–Crippen MR) is 64.2 cm³/mol. The highest BCUT2D eigenvalue weighted by molar-refractivity contribution is 5.66. The Balaban J connectivity index is 1.85. The molecule has 2 heterocycles. The molecule has 18 heavy (non-hydrogen) atoms. The zero-order valence-electron chi connectivity index (χ0n) is 10.8. The van der Waals surface area contributed by atoms with Crippen molar-refractivity contribution >= 4 is 5.97 Å². The minimum Gasteiger partial charge on any atom is -0.481 e. The predicted octanol–water partition coefficient (Wildman–Crippen LogP) is 1.25. The Hall–Kier alpha value is -1.43. The lowest BCUT2D eigenvalue weighted by molar-refractivity contribution is -0.136. The van der Waals surface area contributed by atoms with Crippen molar-refractivity contribution in [3.05, 3.63) is 11.9 Å². The first-order valence-electron chi connectivity index (χ1n) is 6.23. The summed E-state index contributed by atoms with van der Waals surface area (Å²) >= 11 is 0. The zero-order chi connectivity index (χ0) is 13.2. The lowest BCUT2D eigenvalue weighted by Crippen LogP contribution is -2.23. The molecule has 1 N–H and O–H groups in total. The SMILES string of the molecule is CC1(C)CCC(Cn2cc(CCC(=O)O)nn2)O1. The smallest absolute Gasteiger partial charge is 0.303 e. The average Bonchev–Trinajstić information content (AvgIpc) is 2.83. The third-order valence-electron chi connectivity index (χ3n) is 3.13. The monoisotopic (exact) mass is 253 g/mol. The van der Waals surface area contributed by atoms with Gasteiger partial charge in [-0.1, -0.05) is 5.21 Å². The molecule has 1 saturated heterocycles. The first kappa shape index (κ1) is 13.0. The molecule has 0 bridgehead atoms. The van der Waals surface area contributed by atoms with Crippen molar-refractivity contribution < 1.29 is 14.6 Å². The Bertz CT molecular complexity index is 428. The summed E-state index contributed by atoms with van der Waals surface area (Å²) in [5, 5.41) is 16.6. The van der Waals surface area contributed by atoms with Gasteiger partial charge in [0.25, 0.3) is 0 Å². The van der Waals surface area contributed by atoms with E-state index in [0.29, 0.717) is 13.0 Å². The van der Waals surface area contributed by atoms with Crippen molar-refractivity contribution in [2.45, 2.75) is 57.8 Å². The Labute approximate surface area is 106 Å². The van der Waals surface area contributed by atoms with Crippen molar-refractivity contribution in [2.75, 3.05) is 0 Å². The Morgan fingerprint density at radius 2 is 2.44 bits per heavy atom. The number of carboxylic acids is 1. The lowest BCUT2D eigenvalue weighted by atomic mass is 10.1. The highest BCUT2D eigenvalue weighted by atomic mass is 16.5. The molecule has 1 aromatic rings. The van der Waals surface area contributed by atoms with Crippen LogP contribution in [0.2, 0.25) is 0 Å². The molecule has 1 fully saturated rings. The van der Waals surface area contributed by atoms with E-state index in [1.807, 2.05) is 0 Å². The van der Waals surface area contributed by atoms with Gasteiger partial charge in [0.15, 0.2) is 0 Å². The maximum atomic E-state index is 10.5. The molecule has 0 aromatic carbocycles. The average molecular weight is 253 g/mol. The molecule has 1 aliphatic heterocycles. The van der Waals surface area contributed by atoms with E-state index in [9.17, 15) is 4.79 Å². The quantitative estimate of drug-likeness (QED) is 0.854. The first-order chi connectivity index (χ1) is 8.44. The minimum atomic E-state index is -0.814. The molecule has 2 rings (SSSR count). The van der Waals surface area contributed by atoms with Gasteiger partial charge in [0, 0.05) is 12.6 Å². The summed E-state index contributed by atoms with van der Waals surface area (Å²) in [6.45, 7) is 4.86. The minimum absolute atomic E-state index is 0.0443. The number of nitrogens with zero attached hydrogens (tertiary/aromatic N) is 3. The number of carbonyl (C=O) groups is 1. The number of hydrogen-bond donors (Lipinski definition) is 1. The van der Waals surface area contributed by atoms with Crippen LogP contribution in [0.5, 0.6) is 0 Å². The van der Waals surface area contributed by atoms with Gasteiger partial charge in [-0.15, -0.1) is 5.10 Å². The second-order valence-electron chi connectivity index (χ2n) is 5.36. The highest BCUT2D eigenvalue weighted by Gasteiger charge is 2.31. The molecule has 0 saturated carbocycles. The lowest BCUT2D eigenvalue weighted by Gasteiger charge is -2.18. The largest absolute Gasteiger partial charge is 0.481 e. The normalized spacial score (nSPS) is 22.2. The number of hydrogen-bond acceptors (Lipinski definition) is 4. The van der Waals surface area contributed by atoms with Crippen LogP contribution in [-0.2, 0) is 22.5 Å². The van der Waals surface area contributed by atoms with E-state index in [2.05, 4.69) is 24.2 Å². The topological polar surface area (TPSA) is 77.2 Å². The number of aromatic nitrogens is 3. The highest BCUT2D eigenvalue weighted by Crippen LogP contribution is 2.29. The molecule has 6 nitrogen and oxygen atoms in total. The molecule has 1 atom stereocenters. The summed E-state index contributed by atoms with van der Waals surface area (Å²) < 4.78 is 7.62. The molecule has 6 heteroatoms. The molecule has 1 unspecified atom stereocenters. The van der Waals surface area contributed by atoms with Gasteiger partial charge in [0.1, 0.15) is 0 Å². The number of ether oxygens (including phenoxy) is 1. The summed E-state index contributed by atoms with van der Waals surface area (Å²) in [7, 11) is 0. The van der Waals surface area contributed by atoms with Crippen molar-refractivity contribution in [3.8, 4) is 0 Å². The van der Waals surface area contributed by atoms with Gasteiger partial charge in [0.2, 0.25) is 0 Å². The van der Waals surface area contributed by atoms with E-state index >= 15 is 0 Å². The second-order valence-corrected chi connectivity index (χ2v) is 5.36. The van der Waals surface area contributed by atoms with Crippen LogP contribution in [0, 0.1) is 0 Å². The van der Waals surface area contributed by atoms with E-state index < -0.39 is 5.97 Å². The maximum Gasteiger partial charge on any atom is 0.303 e. The Morgan fingerprint density at radius 1 is 1.67 bits per heavy atom. The van der Waals surface area contributed by atoms with Crippen molar-refractivity contribution in [1.82, 2.24) is 15.0 Å². The molecule has 0 aliphatic carbocycles. The van der Waals surface area contributed by atoms with Crippen molar-refractivity contribution in [2.24, 2.45) is 0 Å². The van der Waals surface area contributed by atoms with Crippen LogP contribution in [0.4, 0.5) is 0 Å².